The van der Waals surface area contributed by atoms with Crippen LogP contribution in [0, 0.1) is 0 Å². The second-order valence-electron chi connectivity index (χ2n) is 6.57. The third-order valence-electron chi connectivity index (χ3n) is 4.79. The van der Waals surface area contributed by atoms with Crippen molar-refractivity contribution in [3.63, 3.8) is 0 Å². The summed E-state index contributed by atoms with van der Waals surface area (Å²) in [6.45, 7) is 0. The minimum absolute atomic E-state index is 0.0376. The summed E-state index contributed by atoms with van der Waals surface area (Å²) in [6, 6.07) is 15.2. The van der Waals surface area contributed by atoms with Crippen LogP contribution < -0.4 is 16.0 Å². The zero-order valence-corrected chi connectivity index (χ0v) is 16.2. The number of halogens is 1. The molecule has 0 aromatic heterocycles. The van der Waals surface area contributed by atoms with Gasteiger partial charge in [0, 0.05) is 17.2 Å². The molecule has 0 radical (unpaired) electrons. The Morgan fingerprint density at radius 3 is 2.42 bits per heavy atom. The van der Waals surface area contributed by atoms with Gasteiger partial charge < -0.3 is 16.0 Å². The van der Waals surface area contributed by atoms with Crippen molar-refractivity contribution in [1.29, 1.82) is 0 Å². The third kappa shape index (κ3) is 4.25. The topological polar surface area (TPSA) is 70.2 Å². The van der Waals surface area contributed by atoms with E-state index in [1.54, 1.807) is 7.05 Å². The van der Waals surface area contributed by atoms with Gasteiger partial charge in [-0.1, -0.05) is 40.2 Å². The fourth-order valence-corrected chi connectivity index (χ4v) is 3.56. The van der Waals surface area contributed by atoms with E-state index < -0.39 is 0 Å². The predicted molar refractivity (Wildman–Crippen MR) is 106 cm³/mol. The molecular weight excluding hydrogens is 394 g/mol. The lowest BCUT2D eigenvalue weighted by molar-refractivity contribution is -0.119. The van der Waals surface area contributed by atoms with Gasteiger partial charge in [-0.25, -0.2) is 4.79 Å². The summed E-state index contributed by atoms with van der Waals surface area (Å²) in [6.07, 6.45) is 3.29. The van der Waals surface area contributed by atoms with E-state index in [2.05, 4.69) is 44.0 Å². The van der Waals surface area contributed by atoms with Gasteiger partial charge in [-0.2, -0.15) is 0 Å². The average Bonchev–Trinajstić information content (AvgIpc) is 2.59. The van der Waals surface area contributed by atoms with Gasteiger partial charge in [0.25, 0.3) is 0 Å². The molecule has 26 heavy (non-hydrogen) atoms. The highest BCUT2D eigenvalue weighted by molar-refractivity contribution is 9.10. The third-order valence-corrected chi connectivity index (χ3v) is 5.29. The van der Waals surface area contributed by atoms with Crippen LogP contribution in [-0.4, -0.2) is 19.0 Å². The number of amides is 3. The molecule has 136 valence electrons. The van der Waals surface area contributed by atoms with Crippen LogP contribution in [0.4, 0.5) is 10.5 Å². The Hall–Kier alpha value is -2.34. The summed E-state index contributed by atoms with van der Waals surface area (Å²) in [5.74, 6) is -0.0376. The van der Waals surface area contributed by atoms with Gasteiger partial charge in [-0.05, 0) is 54.7 Å². The molecule has 0 spiro atoms. The molecule has 0 aliphatic heterocycles. The van der Waals surface area contributed by atoms with Crippen molar-refractivity contribution in [3.05, 3.63) is 64.1 Å². The molecule has 0 atom stereocenters. The molecule has 0 bridgehead atoms. The first-order chi connectivity index (χ1) is 12.5. The normalized spacial score (nSPS) is 14.8. The average molecular weight is 416 g/mol. The van der Waals surface area contributed by atoms with E-state index in [-0.39, 0.29) is 17.5 Å². The number of anilines is 1. The first-order valence-corrected chi connectivity index (χ1v) is 9.45. The first kappa shape index (κ1) is 18.5. The summed E-state index contributed by atoms with van der Waals surface area (Å²) in [5, 5.41) is 8.62. The summed E-state index contributed by atoms with van der Waals surface area (Å²) in [4.78, 5) is 23.9. The quantitative estimate of drug-likeness (QED) is 0.691. The van der Waals surface area contributed by atoms with E-state index in [1.165, 1.54) is 0 Å². The first-order valence-electron chi connectivity index (χ1n) is 8.65. The second kappa shape index (κ2) is 7.91. The van der Waals surface area contributed by atoms with Gasteiger partial charge in [0.15, 0.2) is 0 Å². The molecule has 1 fully saturated rings. The molecule has 2 aromatic carbocycles. The van der Waals surface area contributed by atoms with Crippen molar-refractivity contribution in [2.24, 2.45) is 0 Å². The Balaban J connectivity index is 1.64. The maximum absolute atomic E-state index is 12.5. The van der Waals surface area contributed by atoms with Crippen molar-refractivity contribution in [1.82, 2.24) is 10.6 Å². The van der Waals surface area contributed by atoms with Crippen LogP contribution in [0.1, 0.15) is 30.4 Å². The zero-order valence-electron chi connectivity index (χ0n) is 14.6. The maximum Gasteiger partial charge on any atom is 0.319 e. The van der Waals surface area contributed by atoms with Crippen molar-refractivity contribution in [3.8, 4) is 0 Å². The molecule has 1 aliphatic carbocycles. The summed E-state index contributed by atoms with van der Waals surface area (Å²) < 4.78 is 1.01. The van der Waals surface area contributed by atoms with Gasteiger partial charge in [0.2, 0.25) is 5.91 Å². The van der Waals surface area contributed by atoms with Crippen LogP contribution in [0.25, 0.3) is 0 Å². The number of hydrogen-bond acceptors (Lipinski definition) is 2. The van der Waals surface area contributed by atoms with Gasteiger partial charge >= 0.3 is 6.03 Å². The SMILES string of the molecule is CNC(=O)Cc1ccc(NC(=O)NC2(c3cccc(Br)c3)CCC2)cc1. The molecule has 0 unspecified atom stereocenters. The molecule has 2 aromatic rings. The number of hydrogen-bond donors (Lipinski definition) is 3. The number of nitrogens with one attached hydrogen (secondary N) is 3. The Kier molecular flexibility index (Phi) is 5.61. The van der Waals surface area contributed by atoms with Gasteiger partial charge in [0.1, 0.15) is 0 Å². The largest absolute Gasteiger partial charge is 0.359 e. The number of carbonyl (C=O) groups is 2. The molecule has 1 saturated carbocycles. The van der Waals surface area contributed by atoms with Crippen molar-refractivity contribution >= 4 is 33.6 Å². The Morgan fingerprint density at radius 1 is 1.12 bits per heavy atom. The smallest absolute Gasteiger partial charge is 0.319 e. The summed E-state index contributed by atoms with van der Waals surface area (Å²) in [7, 11) is 1.62. The maximum atomic E-state index is 12.5. The number of rotatable bonds is 5. The number of carbonyl (C=O) groups excluding carboxylic acids is 2. The zero-order chi connectivity index (χ0) is 18.6. The van der Waals surface area contributed by atoms with E-state index >= 15 is 0 Å². The van der Waals surface area contributed by atoms with Crippen LogP contribution in [0.2, 0.25) is 0 Å². The van der Waals surface area contributed by atoms with E-state index in [4.69, 9.17) is 0 Å². The highest BCUT2D eigenvalue weighted by atomic mass is 79.9. The molecule has 5 nitrogen and oxygen atoms in total. The Morgan fingerprint density at radius 2 is 1.85 bits per heavy atom. The van der Waals surface area contributed by atoms with Crippen LogP contribution in [0.15, 0.2) is 53.0 Å². The molecular formula is C20H22BrN3O2. The highest BCUT2D eigenvalue weighted by Gasteiger charge is 2.40. The van der Waals surface area contributed by atoms with Crippen molar-refractivity contribution in [2.75, 3.05) is 12.4 Å². The lowest BCUT2D eigenvalue weighted by Gasteiger charge is -2.43. The number of urea groups is 1. The molecule has 3 N–H and O–H groups in total. The Labute approximate surface area is 161 Å². The van der Waals surface area contributed by atoms with Gasteiger partial charge in [-0.15, -0.1) is 0 Å². The molecule has 0 saturated heterocycles. The van der Waals surface area contributed by atoms with E-state index in [0.29, 0.717) is 12.1 Å². The van der Waals surface area contributed by atoms with E-state index in [9.17, 15) is 9.59 Å². The molecule has 3 rings (SSSR count). The molecule has 1 aliphatic rings. The van der Waals surface area contributed by atoms with Crippen LogP contribution in [-0.2, 0) is 16.8 Å². The number of likely N-dealkylation sites (N-methyl/N-ethyl adjacent to an activating group) is 1. The Bertz CT molecular complexity index is 801. The van der Waals surface area contributed by atoms with E-state index in [1.807, 2.05) is 36.4 Å². The monoisotopic (exact) mass is 415 g/mol. The highest BCUT2D eigenvalue weighted by Crippen LogP contribution is 2.41. The minimum Gasteiger partial charge on any atom is -0.359 e. The van der Waals surface area contributed by atoms with Crippen LogP contribution in [0.3, 0.4) is 0 Å². The second-order valence-corrected chi connectivity index (χ2v) is 7.49. The van der Waals surface area contributed by atoms with Crippen molar-refractivity contribution in [2.45, 2.75) is 31.2 Å². The van der Waals surface area contributed by atoms with Crippen molar-refractivity contribution < 1.29 is 9.59 Å². The summed E-state index contributed by atoms with van der Waals surface area (Å²) in [5.41, 5.74) is 2.42. The molecule has 6 heteroatoms. The van der Waals surface area contributed by atoms with Crippen LogP contribution >= 0.6 is 15.9 Å². The fraction of sp³-hybridized carbons (Fsp3) is 0.300. The van der Waals surface area contributed by atoms with E-state index in [0.717, 1.165) is 34.9 Å². The molecule has 3 amide bonds. The standard InChI is InChI=1S/C20H22BrN3O2/c1-22-18(25)12-14-6-8-17(9-7-14)23-19(26)24-20(10-3-11-20)15-4-2-5-16(21)13-15/h2,4-9,13H,3,10-12H2,1H3,(H,22,25)(H2,23,24,26). The lowest BCUT2D eigenvalue weighted by atomic mass is 9.72. The van der Waals surface area contributed by atoms with Gasteiger partial charge in [0.05, 0.1) is 12.0 Å². The predicted octanol–water partition coefficient (Wildman–Crippen LogP) is 3.94. The van der Waals surface area contributed by atoms with Gasteiger partial charge in [-0.3, -0.25) is 4.79 Å². The summed E-state index contributed by atoms with van der Waals surface area (Å²) >= 11 is 3.50. The number of benzene rings is 2. The molecule has 0 heterocycles. The fourth-order valence-electron chi connectivity index (χ4n) is 3.16. The lowest BCUT2D eigenvalue weighted by Crippen LogP contribution is -2.52. The minimum atomic E-state index is -0.299. The van der Waals surface area contributed by atoms with Crippen LogP contribution in [0.5, 0.6) is 0 Å².